The SMILES string of the molecule is Fc1ccccc1NC(=S)N(Cc1ccccc1)CC(F)(F)F. The van der Waals surface area contributed by atoms with Crippen LogP contribution >= 0.6 is 12.2 Å². The van der Waals surface area contributed by atoms with Gasteiger partial charge in [-0.05, 0) is 29.9 Å². The highest BCUT2D eigenvalue weighted by atomic mass is 32.1. The van der Waals surface area contributed by atoms with Gasteiger partial charge in [-0.15, -0.1) is 0 Å². The van der Waals surface area contributed by atoms with Crippen molar-refractivity contribution in [2.45, 2.75) is 12.7 Å². The molecular weight excluding hydrogens is 328 g/mol. The molecule has 2 nitrogen and oxygen atoms in total. The number of hydrogen-bond donors (Lipinski definition) is 1. The van der Waals surface area contributed by atoms with Crippen molar-refractivity contribution in [3.05, 3.63) is 66.0 Å². The first-order valence-corrected chi connectivity index (χ1v) is 7.17. The number of hydrogen-bond acceptors (Lipinski definition) is 1. The van der Waals surface area contributed by atoms with E-state index in [1.54, 1.807) is 36.4 Å². The lowest BCUT2D eigenvalue weighted by atomic mass is 10.2. The van der Waals surface area contributed by atoms with E-state index in [9.17, 15) is 17.6 Å². The number of thiocarbonyl (C=S) groups is 1. The summed E-state index contributed by atoms with van der Waals surface area (Å²) in [7, 11) is 0. The van der Waals surface area contributed by atoms with E-state index in [1.165, 1.54) is 18.2 Å². The average molecular weight is 342 g/mol. The molecule has 0 unspecified atom stereocenters. The molecule has 0 amide bonds. The molecule has 2 aromatic carbocycles. The van der Waals surface area contributed by atoms with Crippen LogP contribution in [0.5, 0.6) is 0 Å². The zero-order valence-electron chi connectivity index (χ0n) is 12.0. The zero-order valence-corrected chi connectivity index (χ0v) is 12.8. The van der Waals surface area contributed by atoms with Gasteiger partial charge in [0.05, 0.1) is 5.69 Å². The Hall–Kier alpha value is -2.15. The fraction of sp³-hybridized carbons (Fsp3) is 0.188. The van der Waals surface area contributed by atoms with Gasteiger partial charge in [-0.25, -0.2) is 4.39 Å². The van der Waals surface area contributed by atoms with Crippen molar-refractivity contribution in [3.63, 3.8) is 0 Å². The molecule has 0 heterocycles. The molecule has 0 spiro atoms. The Bertz CT molecular complexity index is 659. The molecule has 0 aromatic heterocycles. The summed E-state index contributed by atoms with van der Waals surface area (Å²) in [5.41, 5.74) is 0.715. The Kier molecular flexibility index (Phi) is 5.54. The van der Waals surface area contributed by atoms with E-state index in [0.717, 1.165) is 4.90 Å². The zero-order chi connectivity index (χ0) is 16.9. The molecule has 0 aliphatic carbocycles. The summed E-state index contributed by atoms with van der Waals surface area (Å²) in [4.78, 5) is 0.955. The predicted octanol–water partition coefficient (Wildman–Crippen LogP) is 4.59. The van der Waals surface area contributed by atoms with Crippen molar-refractivity contribution in [1.29, 1.82) is 0 Å². The largest absolute Gasteiger partial charge is 0.406 e. The van der Waals surface area contributed by atoms with E-state index in [2.05, 4.69) is 5.32 Å². The Morgan fingerprint density at radius 1 is 1.00 bits per heavy atom. The van der Waals surface area contributed by atoms with Crippen molar-refractivity contribution < 1.29 is 17.6 Å². The third-order valence-corrected chi connectivity index (χ3v) is 3.35. The minimum absolute atomic E-state index is 0.0271. The molecule has 0 fully saturated rings. The molecule has 2 aromatic rings. The molecule has 23 heavy (non-hydrogen) atoms. The lowest BCUT2D eigenvalue weighted by Gasteiger charge is -2.27. The van der Waals surface area contributed by atoms with E-state index < -0.39 is 18.5 Å². The highest BCUT2D eigenvalue weighted by Crippen LogP contribution is 2.20. The Morgan fingerprint density at radius 2 is 1.61 bits per heavy atom. The number of alkyl halides is 3. The third-order valence-electron chi connectivity index (χ3n) is 2.99. The average Bonchev–Trinajstić information content (AvgIpc) is 2.48. The van der Waals surface area contributed by atoms with Gasteiger partial charge in [-0.1, -0.05) is 42.5 Å². The Balaban J connectivity index is 2.15. The minimum Gasteiger partial charge on any atom is -0.336 e. The van der Waals surface area contributed by atoms with Crippen LogP contribution in [0.4, 0.5) is 23.2 Å². The number of halogens is 4. The van der Waals surface area contributed by atoms with Gasteiger partial charge in [-0.3, -0.25) is 0 Å². The van der Waals surface area contributed by atoms with Gasteiger partial charge in [-0.2, -0.15) is 13.2 Å². The monoisotopic (exact) mass is 342 g/mol. The molecule has 0 bridgehead atoms. The van der Waals surface area contributed by atoms with Gasteiger partial charge in [0.1, 0.15) is 12.4 Å². The summed E-state index contributed by atoms with van der Waals surface area (Å²) in [6.07, 6.45) is -4.42. The van der Waals surface area contributed by atoms with Crippen LogP contribution in [0.1, 0.15) is 5.56 Å². The Labute approximate surface area is 136 Å². The van der Waals surface area contributed by atoms with Crippen LogP contribution < -0.4 is 5.32 Å². The van der Waals surface area contributed by atoms with Crippen LogP contribution in [0, 0.1) is 5.82 Å². The van der Waals surface area contributed by atoms with Crippen molar-refractivity contribution in [1.82, 2.24) is 4.90 Å². The highest BCUT2D eigenvalue weighted by Gasteiger charge is 2.32. The van der Waals surface area contributed by atoms with E-state index in [0.29, 0.717) is 5.56 Å². The second-order valence-electron chi connectivity index (χ2n) is 4.87. The maximum Gasteiger partial charge on any atom is 0.406 e. The maximum absolute atomic E-state index is 13.6. The van der Waals surface area contributed by atoms with Crippen LogP contribution in [0.2, 0.25) is 0 Å². The summed E-state index contributed by atoms with van der Waals surface area (Å²) in [6.45, 7) is -1.25. The molecule has 2 rings (SSSR count). The third kappa shape index (κ3) is 5.52. The number of nitrogens with zero attached hydrogens (tertiary/aromatic N) is 1. The fourth-order valence-corrected chi connectivity index (χ4v) is 2.22. The fourth-order valence-electron chi connectivity index (χ4n) is 1.98. The first kappa shape index (κ1) is 17.2. The smallest absolute Gasteiger partial charge is 0.336 e. The molecule has 7 heteroatoms. The summed E-state index contributed by atoms with van der Waals surface area (Å²) in [6, 6.07) is 14.3. The quantitative estimate of drug-likeness (QED) is 0.646. The van der Waals surface area contributed by atoms with Crippen LogP contribution in [0.3, 0.4) is 0 Å². The predicted molar refractivity (Wildman–Crippen MR) is 85.5 cm³/mol. The standard InChI is InChI=1S/C16H14F4N2S/c17-13-8-4-5-9-14(13)21-15(23)22(11-16(18,19)20)10-12-6-2-1-3-7-12/h1-9H,10-11H2,(H,21,23). The van der Waals surface area contributed by atoms with Gasteiger partial charge in [0, 0.05) is 6.54 Å². The number of para-hydroxylation sites is 1. The summed E-state index contributed by atoms with van der Waals surface area (Å²) >= 11 is 5.03. The number of nitrogens with one attached hydrogen (secondary N) is 1. The number of benzene rings is 2. The van der Waals surface area contributed by atoms with Crippen LogP contribution in [-0.4, -0.2) is 22.7 Å². The molecule has 122 valence electrons. The summed E-state index contributed by atoms with van der Waals surface area (Å²) in [5, 5.41) is 2.35. The normalized spacial score (nSPS) is 11.1. The molecule has 0 saturated carbocycles. The first-order valence-electron chi connectivity index (χ1n) is 6.76. The van der Waals surface area contributed by atoms with E-state index in [1.807, 2.05) is 0 Å². The van der Waals surface area contributed by atoms with Gasteiger partial charge in [0.15, 0.2) is 5.11 Å². The van der Waals surface area contributed by atoms with Crippen LogP contribution in [0.25, 0.3) is 0 Å². The van der Waals surface area contributed by atoms with E-state index in [4.69, 9.17) is 12.2 Å². The van der Waals surface area contributed by atoms with Crippen molar-refractivity contribution in [2.24, 2.45) is 0 Å². The van der Waals surface area contributed by atoms with Crippen molar-refractivity contribution in [3.8, 4) is 0 Å². The lowest BCUT2D eigenvalue weighted by molar-refractivity contribution is -0.138. The van der Waals surface area contributed by atoms with Gasteiger partial charge in [0.2, 0.25) is 0 Å². The van der Waals surface area contributed by atoms with E-state index in [-0.39, 0.29) is 17.3 Å². The van der Waals surface area contributed by atoms with Gasteiger partial charge >= 0.3 is 6.18 Å². The number of rotatable bonds is 4. The molecule has 0 aliphatic rings. The minimum atomic E-state index is -4.42. The second-order valence-corrected chi connectivity index (χ2v) is 5.25. The number of anilines is 1. The maximum atomic E-state index is 13.6. The lowest BCUT2D eigenvalue weighted by Crippen LogP contribution is -2.41. The second kappa shape index (κ2) is 7.41. The topological polar surface area (TPSA) is 15.3 Å². The van der Waals surface area contributed by atoms with Gasteiger partial charge < -0.3 is 10.2 Å². The summed E-state index contributed by atoms with van der Waals surface area (Å²) in [5.74, 6) is -0.582. The van der Waals surface area contributed by atoms with Crippen molar-refractivity contribution in [2.75, 3.05) is 11.9 Å². The molecule has 0 saturated heterocycles. The van der Waals surface area contributed by atoms with Crippen molar-refractivity contribution >= 4 is 23.0 Å². The molecular formula is C16H14F4N2S. The summed E-state index contributed by atoms with van der Waals surface area (Å²) < 4.78 is 52.0. The molecule has 0 aliphatic heterocycles. The molecule has 0 radical (unpaired) electrons. The molecule has 0 atom stereocenters. The first-order chi connectivity index (χ1) is 10.8. The molecule has 1 N–H and O–H groups in total. The van der Waals surface area contributed by atoms with Crippen LogP contribution in [-0.2, 0) is 6.54 Å². The van der Waals surface area contributed by atoms with Crippen LogP contribution in [0.15, 0.2) is 54.6 Å². The van der Waals surface area contributed by atoms with Gasteiger partial charge in [0.25, 0.3) is 0 Å². The van der Waals surface area contributed by atoms with E-state index >= 15 is 0 Å². The Morgan fingerprint density at radius 3 is 2.22 bits per heavy atom. The highest BCUT2D eigenvalue weighted by molar-refractivity contribution is 7.80.